The van der Waals surface area contributed by atoms with Gasteiger partial charge in [0.2, 0.25) is 0 Å². The standard InChI is InChI=1S/C21H27ClN6O/c1-15(2)25(3)18-9-21(29)28(24-11-18)17-5-4-8-26(13-17)14-19-10-23-20-7-6-16(22)12-27(19)20/h6-7,9-12,15,17H,4-5,8,13-14H2,1-3H3/t17-/m0/s1. The molecule has 0 spiro atoms. The molecule has 0 unspecified atom stereocenters. The molecular weight excluding hydrogens is 388 g/mol. The van der Waals surface area contributed by atoms with E-state index in [1.54, 1.807) is 16.9 Å². The number of likely N-dealkylation sites (tertiary alicyclic amines) is 1. The fourth-order valence-electron chi connectivity index (χ4n) is 3.90. The van der Waals surface area contributed by atoms with Gasteiger partial charge in [0.15, 0.2) is 0 Å². The van der Waals surface area contributed by atoms with Crippen molar-refractivity contribution in [2.24, 2.45) is 0 Å². The zero-order valence-corrected chi connectivity index (χ0v) is 17.9. The lowest BCUT2D eigenvalue weighted by atomic mass is 10.1. The Morgan fingerprint density at radius 1 is 1.31 bits per heavy atom. The third-order valence-corrected chi connectivity index (χ3v) is 5.98. The molecule has 1 fully saturated rings. The number of hydrogen-bond donors (Lipinski definition) is 0. The number of hydrogen-bond acceptors (Lipinski definition) is 5. The minimum Gasteiger partial charge on any atom is -0.371 e. The number of aromatic nitrogens is 4. The van der Waals surface area contributed by atoms with Gasteiger partial charge in [-0.05, 0) is 45.4 Å². The molecule has 29 heavy (non-hydrogen) atoms. The van der Waals surface area contributed by atoms with Crippen molar-refractivity contribution >= 4 is 22.9 Å². The van der Waals surface area contributed by atoms with E-state index in [4.69, 9.17) is 11.6 Å². The lowest BCUT2D eigenvalue weighted by Crippen LogP contribution is -2.40. The van der Waals surface area contributed by atoms with Crippen LogP contribution in [-0.2, 0) is 6.54 Å². The molecule has 3 aromatic rings. The molecule has 154 valence electrons. The first-order valence-electron chi connectivity index (χ1n) is 10.1. The van der Waals surface area contributed by atoms with Crippen LogP contribution in [0.4, 0.5) is 5.69 Å². The molecule has 1 atom stereocenters. The molecule has 3 aromatic heterocycles. The summed E-state index contributed by atoms with van der Waals surface area (Å²) in [6.45, 7) is 6.74. The predicted octanol–water partition coefficient (Wildman–Crippen LogP) is 3.23. The van der Waals surface area contributed by atoms with Crippen LogP contribution >= 0.6 is 11.6 Å². The predicted molar refractivity (Wildman–Crippen MR) is 116 cm³/mol. The van der Waals surface area contributed by atoms with Crippen LogP contribution in [0.2, 0.25) is 5.02 Å². The van der Waals surface area contributed by atoms with Crippen LogP contribution in [-0.4, -0.2) is 50.2 Å². The van der Waals surface area contributed by atoms with Crippen molar-refractivity contribution in [3.63, 3.8) is 0 Å². The van der Waals surface area contributed by atoms with Crippen LogP contribution in [0, 0.1) is 0 Å². The number of halogens is 1. The first-order valence-corrected chi connectivity index (χ1v) is 10.5. The van der Waals surface area contributed by atoms with E-state index in [1.807, 2.05) is 36.0 Å². The van der Waals surface area contributed by atoms with E-state index in [-0.39, 0.29) is 11.6 Å². The summed E-state index contributed by atoms with van der Waals surface area (Å²) in [4.78, 5) is 21.6. The summed E-state index contributed by atoms with van der Waals surface area (Å²) < 4.78 is 3.68. The Bertz CT molecular complexity index is 1060. The van der Waals surface area contributed by atoms with Crippen LogP contribution in [0.25, 0.3) is 5.65 Å². The summed E-state index contributed by atoms with van der Waals surface area (Å²) in [5.74, 6) is 0. The van der Waals surface area contributed by atoms with E-state index in [0.29, 0.717) is 11.1 Å². The zero-order chi connectivity index (χ0) is 20.5. The Hall–Kier alpha value is -2.38. The normalized spacial score (nSPS) is 17.9. The lowest BCUT2D eigenvalue weighted by Gasteiger charge is -2.33. The van der Waals surface area contributed by atoms with Gasteiger partial charge in [-0.3, -0.25) is 9.69 Å². The van der Waals surface area contributed by atoms with E-state index in [9.17, 15) is 4.79 Å². The smallest absolute Gasteiger partial charge is 0.269 e. The van der Waals surface area contributed by atoms with Gasteiger partial charge in [0.25, 0.3) is 5.56 Å². The van der Waals surface area contributed by atoms with Gasteiger partial charge < -0.3 is 9.30 Å². The minimum absolute atomic E-state index is 0.0385. The van der Waals surface area contributed by atoms with Gasteiger partial charge in [0.1, 0.15) is 5.65 Å². The van der Waals surface area contributed by atoms with Gasteiger partial charge in [-0.1, -0.05) is 11.6 Å². The number of anilines is 1. The van der Waals surface area contributed by atoms with Crippen molar-refractivity contribution in [3.8, 4) is 0 Å². The first-order chi connectivity index (χ1) is 13.9. The fourth-order valence-corrected chi connectivity index (χ4v) is 4.06. The molecule has 4 rings (SSSR count). The molecule has 1 saturated heterocycles. The van der Waals surface area contributed by atoms with Crippen molar-refractivity contribution in [3.05, 3.63) is 57.9 Å². The maximum Gasteiger partial charge on any atom is 0.269 e. The second-order valence-electron chi connectivity index (χ2n) is 8.06. The Morgan fingerprint density at radius 3 is 2.90 bits per heavy atom. The first kappa shape index (κ1) is 19.9. The lowest BCUT2D eigenvalue weighted by molar-refractivity contribution is 0.158. The average Bonchev–Trinajstić information content (AvgIpc) is 3.09. The summed E-state index contributed by atoms with van der Waals surface area (Å²) in [5, 5.41) is 5.19. The summed E-state index contributed by atoms with van der Waals surface area (Å²) in [6, 6.07) is 5.86. The van der Waals surface area contributed by atoms with E-state index in [2.05, 4.69) is 33.7 Å². The summed E-state index contributed by atoms with van der Waals surface area (Å²) >= 11 is 6.15. The minimum atomic E-state index is -0.0385. The van der Waals surface area contributed by atoms with E-state index < -0.39 is 0 Å². The van der Waals surface area contributed by atoms with E-state index in [1.165, 1.54) is 0 Å². The molecular formula is C21H27ClN6O. The molecule has 1 aliphatic heterocycles. The number of rotatable bonds is 5. The number of imidazole rings is 1. The van der Waals surface area contributed by atoms with Crippen molar-refractivity contribution in [2.75, 3.05) is 25.0 Å². The molecule has 0 aliphatic carbocycles. The molecule has 0 amide bonds. The van der Waals surface area contributed by atoms with E-state index >= 15 is 0 Å². The van der Waals surface area contributed by atoms with Gasteiger partial charge in [0, 0.05) is 38.4 Å². The van der Waals surface area contributed by atoms with Gasteiger partial charge in [-0.15, -0.1) is 0 Å². The quantitative estimate of drug-likeness (QED) is 0.641. The second kappa shape index (κ2) is 8.16. The van der Waals surface area contributed by atoms with Crippen LogP contribution in [0.5, 0.6) is 0 Å². The average molecular weight is 415 g/mol. The van der Waals surface area contributed by atoms with Gasteiger partial charge in [0.05, 0.1) is 34.8 Å². The molecule has 8 heteroatoms. The van der Waals surface area contributed by atoms with Gasteiger partial charge >= 0.3 is 0 Å². The molecule has 7 nitrogen and oxygen atoms in total. The monoisotopic (exact) mass is 414 g/mol. The van der Waals surface area contributed by atoms with Crippen LogP contribution in [0.15, 0.2) is 41.6 Å². The molecule has 0 saturated carbocycles. The van der Waals surface area contributed by atoms with Crippen molar-refractivity contribution in [1.29, 1.82) is 0 Å². The van der Waals surface area contributed by atoms with Crippen molar-refractivity contribution in [1.82, 2.24) is 24.1 Å². The van der Waals surface area contributed by atoms with Crippen molar-refractivity contribution in [2.45, 2.75) is 45.3 Å². The Kier molecular flexibility index (Phi) is 5.61. The maximum absolute atomic E-state index is 12.7. The van der Waals surface area contributed by atoms with Crippen LogP contribution < -0.4 is 10.5 Å². The fraction of sp³-hybridized carbons (Fsp3) is 0.476. The van der Waals surface area contributed by atoms with Crippen LogP contribution in [0.3, 0.4) is 0 Å². The highest BCUT2D eigenvalue weighted by atomic mass is 35.5. The largest absolute Gasteiger partial charge is 0.371 e. The summed E-state index contributed by atoms with van der Waals surface area (Å²) in [6.07, 6.45) is 7.59. The summed E-state index contributed by atoms with van der Waals surface area (Å²) in [5.41, 5.74) is 2.80. The van der Waals surface area contributed by atoms with Gasteiger partial charge in [-0.2, -0.15) is 5.10 Å². The second-order valence-corrected chi connectivity index (χ2v) is 8.49. The highest BCUT2D eigenvalue weighted by Crippen LogP contribution is 2.22. The molecule has 1 aliphatic rings. The molecule has 4 heterocycles. The highest BCUT2D eigenvalue weighted by molar-refractivity contribution is 6.30. The molecule has 0 radical (unpaired) electrons. The third-order valence-electron chi connectivity index (χ3n) is 5.75. The Morgan fingerprint density at radius 2 is 2.14 bits per heavy atom. The number of piperidine rings is 1. The Balaban J connectivity index is 1.51. The topological polar surface area (TPSA) is 58.7 Å². The van der Waals surface area contributed by atoms with Gasteiger partial charge in [-0.25, -0.2) is 9.67 Å². The zero-order valence-electron chi connectivity index (χ0n) is 17.1. The van der Waals surface area contributed by atoms with E-state index in [0.717, 1.165) is 49.5 Å². The van der Waals surface area contributed by atoms with Crippen molar-refractivity contribution < 1.29 is 0 Å². The molecule has 0 N–H and O–H groups in total. The Labute approximate surface area is 175 Å². The number of fused-ring (bicyclic) bond motifs is 1. The molecule has 0 bridgehead atoms. The van der Waals surface area contributed by atoms with Crippen LogP contribution in [0.1, 0.15) is 38.4 Å². The third kappa shape index (κ3) is 4.16. The summed E-state index contributed by atoms with van der Waals surface area (Å²) in [7, 11) is 1.98. The molecule has 0 aromatic carbocycles. The SMILES string of the molecule is CC(C)N(C)c1cnn([C@H]2CCCN(Cc3cnc4ccc(Cl)cn34)C2)c(=O)c1. The number of pyridine rings is 1. The highest BCUT2D eigenvalue weighted by Gasteiger charge is 2.24. The maximum atomic E-state index is 12.7. The number of nitrogens with zero attached hydrogens (tertiary/aromatic N) is 6.